The molecule has 94 valence electrons. The maximum Gasteiger partial charge on any atom is 0.119 e. The van der Waals surface area contributed by atoms with Crippen molar-refractivity contribution < 1.29 is 4.79 Å². The zero-order valence-electron chi connectivity index (χ0n) is 10.5. The molecule has 0 bridgehead atoms. The van der Waals surface area contributed by atoms with E-state index < -0.39 is 0 Å². The molecule has 0 rings (SSSR count). The number of carbonyl (C=O) groups excluding carboxylic acids is 1. The number of nitrogens with two attached hydrogens (primary N) is 1. The lowest BCUT2D eigenvalue weighted by Crippen LogP contribution is -1.96. The quantitative estimate of drug-likeness (QED) is 0.313. The summed E-state index contributed by atoms with van der Waals surface area (Å²) >= 11 is 0. The van der Waals surface area contributed by atoms with Crippen molar-refractivity contribution in [3.05, 3.63) is 12.2 Å². The summed E-state index contributed by atoms with van der Waals surface area (Å²) in [6, 6.07) is 0. The number of allylic oxidation sites excluding steroid dienone is 2. The van der Waals surface area contributed by atoms with Crippen LogP contribution >= 0.6 is 0 Å². The van der Waals surface area contributed by atoms with Crippen LogP contribution in [0.25, 0.3) is 0 Å². The second-order valence-corrected chi connectivity index (χ2v) is 4.27. The highest BCUT2D eigenvalue weighted by Crippen LogP contribution is 2.07. The molecule has 16 heavy (non-hydrogen) atoms. The fraction of sp³-hybridized carbons (Fsp3) is 0.786. The van der Waals surface area contributed by atoms with E-state index in [1.165, 1.54) is 44.9 Å². The summed E-state index contributed by atoms with van der Waals surface area (Å²) in [7, 11) is 0. The van der Waals surface area contributed by atoms with Gasteiger partial charge in [-0.15, -0.1) is 0 Å². The van der Waals surface area contributed by atoms with Gasteiger partial charge in [-0.05, 0) is 45.1 Å². The van der Waals surface area contributed by atoms with Crippen LogP contribution < -0.4 is 5.73 Å². The fourth-order valence-electron chi connectivity index (χ4n) is 1.66. The number of aldehydes is 1. The third kappa shape index (κ3) is 13.4. The van der Waals surface area contributed by atoms with Crippen LogP contribution in [0.1, 0.15) is 64.2 Å². The van der Waals surface area contributed by atoms with Crippen molar-refractivity contribution in [2.24, 2.45) is 5.73 Å². The highest BCUT2D eigenvalue weighted by atomic mass is 16.1. The van der Waals surface area contributed by atoms with Gasteiger partial charge in [-0.2, -0.15) is 0 Å². The van der Waals surface area contributed by atoms with Crippen LogP contribution in [-0.2, 0) is 4.79 Å². The Morgan fingerprint density at radius 3 is 1.75 bits per heavy atom. The summed E-state index contributed by atoms with van der Waals surface area (Å²) in [5.74, 6) is 0. The normalized spacial score (nSPS) is 11.1. The first-order valence-electron chi connectivity index (χ1n) is 6.70. The van der Waals surface area contributed by atoms with Gasteiger partial charge >= 0.3 is 0 Å². The Hall–Kier alpha value is -0.630. The monoisotopic (exact) mass is 225 g/mol. The minimum absolute atomic E-state index is 0.737. The summed E-state index contributed by atoms with van der Waals surface area (Å²) in [6.07, 6.45) is 17.2. The standard InChI is InChI=1S/C14H27NO/c15-13-11-9-7-5-3-1-2-4-6-8-10-12-14-16/h3,5,14H,1-2,4,6-13,15H2/b5-3-. The summed E-state index contributed by atoms with van der Waals surface area (Å²) in [6.45, 7) is 0.814. The van der Waals surface area contributed by atoms with Crippen LogP contribution in [0, 0.1) is 0 Å². The molecule has 0 aromatic heterocycles. The van der Waals surface area contributed by atoms with E-state index in [4.69, 9.17) is 5.73 Å². The van der Waals surface area contributed by atoms with Gasteiger partial charge < -0.3 is 10.5 Å². The van der Waals surface area contributed by atoms with Crippen LogP contribution in [0.2, 0.25) is 0 Å². The first-order chi connectivity index (χ1) is 7.91. The van der Waals surface area contributed by atoms with Crippen molar-refractivity contribution in [2.45, 2.75) is 64.2 Å². The van der Waals surface area contributed by atoms with E-state index >= 15 is 0 Å². The van der Waals surface area contributed by atoms with Crippen LogP contribution in [-0.4, -0.2) is 12.8 Å². The zero-order chi connectivity index (χ0) is 11.9. The van der Waals surface area contributed by atoms with Gasteiger partial charge in [0.1, 0.15) is 6.29 Å². The molecule has 0 aromatic rings. The average Bonchev–Trinajstić information content (AvgIpc) is 2.31. The zero-order valence-corrected chi connectivity index (χ0v) is 10.5. The summed E-state index contributed by atoms with van der Waals surface area (Å²) < 4.78 is 0. The van der Waals surface area contributed by atoms with Crippen LogP contribution in [0.15, 0.2) is 12.2 Å². The minimum Gasteiger partial charge on any atom is -0.330 e. The first kappa shape index (κ1) is 15.4. The van der Waals surface area contributed by atoms with E-state index in [1.54, 1.807) is 0 Å². The molecule has 0 heterocycles. The van der Waals surface area contributed by atoms with Gasteiger partial charge in [-0.1, -0.05) is 31.4 Å². The van der Waals surface area contributed by atoms with Gasteiger partial charge in [0.15, 0.2) is 0 Å². The van der Waals surface area contributed by atoms with Crippen LogP contribution in [0.3, 0.4) is 0 Å². The molecule has 2 heteroatoms. The molecule has 0 saturated heterocycles. The smallest absolute Gasteiger partial charge is 0.119 e. The maximum atomic E-state index is 10.1. The number of hydrogen-bond acceptors (Lipinski definition) is 2. The molecule has 2 N–H and O–H groups in total. The van der Waals surface area contributed by atoms with Crippen molar-refractivity contribution >= 4 is 6.29 Å². The van der Waals surface area contributed by atoms with Crippen molar-refractivity contribution in [1.82, 2.24) is 0 Å². The first-order valence-corrected chi connectivity index (χ1v) is 6.70. The number of rotatable bonds is 12. The molecular formula is C14H27NO. The SMILES string of the molecule is NCCCC/C=C\CCCCCCCC=O. The third-order valence-corrected chi connectivity index (χ3v) is 2.68. The Morgan fingerprint density at radius 1 is 0.688 bits per heavy atom. The summed E-state index contributed by atoms with van der Waals surface area (Å²) in [5.41, 5.74) is 5.41. The van der Waals surface area contributed by atoms with Crippen molar-refractivity contribution in [2.75, 3.05) is 6.54 Å². The third-order valence-electron chi connectivity index (χ3n) is 2.68. The molecule has 0 spiro atoms. The van der Waals surface area contributed by atoms with Gasteiger partial charge in [-0.25, -0.2) is 0 Å². The van der Waals surface area contributed by atoms with Crippen molar-refractivity contribution in [3.8, 4) is 0 Å². The lowest BCUT2D eigenvalue weighted by Gasteiger charge is -1.97. The lowest BCUT2D eigenvalue weighted by atomic mass is 10.1. The second kappa shape index (κ2) is 14.4. The summed E-state index contributed by atoms with van der Waals surface area (Å²) in [5, 5.41) is 0. The van der Waals surface area contributed by atoms with Gasteiger partial charge in [0, 0.05) is 6.42 Å². The Labute approximate surface area is 100 Å². The van der Waals surface area contributed by atoms with E-state index in [0.29, 0.717) is 0 Å². The van der Waals surface area contributed by atoms with E-state index in [2.05, 4.69) is 12.2 Å². The topological polar surface area (TPSA) is 43.1 Å². The molecule has 0 amide bonds. The highest BCUT2D eigenvalue weighted by molar-refractivity contribution is 5.48. The Morgan fingerprint density at radius 2 is 1.19 bits per heavy atom. The molecule has 0 unspecified atom stereocenters. The molecule has 0 aliphatic rings. The van der Waals surface area contributed by atoms with E-state index in [0.717, 1.165) is 32.1 Å². The molecule has 0 radical (unpaired) electrons. The summed E-state index contributed by atoms with van der Waals surface area (Å²) in [4.78, 5) is 10.1. The number of carbonyl (C=O) groups is 1. The van der Waals surface area contributed by atoms with Gasteiger partial charge in [0.2, 0.25) is 0 Å². The average molecular weight is 225 g/mol. The predicted octanol–water partition coefficient (Wildman–Crippen LogP) is 3.60. The van der Waals surface area contributed by atoms with Crippen LogP contribution in [0.4, 0.5) is 0 Å². The van der Waals surface area contributed by atoms with Crippen molar-refractivity contribution in [1.29, 1.82) is 0 Å². The van der Waals surface area contributed by atoms with Gasteiger partial charge in [0.25, 0.3) is 0 Å². The largest absolute Gasteiger partial charge is 0.330 e. The molecule has 0 atom stereocenters. The molecule has 0 fully saturated rings. The van der Waals surface area contributed by atoms with E-state index in [-0.39, 0.29) is 0 Å². The molecule has 2 nitrogen and oxygen atoms in total. The van der Waals surface area contributed by atoms with Crippen LogP contribution in [0.5, 0.6) is 0 Å². The number of unbranched alkanes of at least 4 members (excludes halogenated alkanes) is 8. The predicted molar refractivity (Wildman–Crippen MR) is 70.4 cm³/mol. The molecule has 0 aliphatic carbocycles. The highest BCUT2D eigenvalue weighted by Gasteiger charge is 1.89. The molecule has 0 saturated carbocycles. The Bertz CT molecular complexity index is 166. The Balaban J connectivity index is 2.99. The minimum atomic E-state index is 0.737. The molecular weight excluding hydrogens is 198 g/mol. The van der Waals surface area contributed by atoms with Gasteiger partial charge in [-0.3, -0.25) is 0 Å². The number of hydrogen-bond donors (Lipinski definition) is 1. The maximum absolute atomic E-state index is 10.1. The van der Waals surface area contributed by atoms with Gasteiger partial charge in [0.05, 0.1) is 0 Å². The Kier molecular flexibility index (Phi) is 13.8. The van der Waals surface area contributed by atoms with E-state index in [9.17, 15) is 4.79 Å². The second-order valence-electron chi connectivity index (χ2n) is 4.27. The van der Waals surface area contributed by atoms with E-state index in [1.807, 2.05) is 0 Å². The molecule has 0 aromatic carbocycles. The lowest BCUT2D eigenvalue weighted by molar-refractivity contribution is -0.107. The molecule has 0 aliphatic heterocycles. The van der Waals surface area contributed by atoms with Crippen molar-refractivity contribution in [3.63, 3.8) is 0 Å². The fourth-order valence-corrected chi connectivity index (χ4v) is 1.66.